The summed E-state index contributed by atoms with van der Waals surface area (Å²) in [7, 11) is 0. The first-order valence-corrected chi connectivity index (χ1v) is 11.4. The molecule has 0 atom stereocenters. The number of rotatable bonds is 6. The molecule has 6 nitrogen and oxygen atoms in total. The lowest BCUT2D eigenvalue weighted by Gasteiger charge is -2.08. The van der Waals surface area contributed by atoms with Gasteiger partial charge in [0.2, 0.25) is 0 Å². The van der Waals surface area contributed by atoms with E-state index in [-0.39, 0.29) is 10.8 Å². The number of aromatic nitrogens is 2. The van der Waals surface area contributed by atoms with E-state index >= 15 is 0 Å². The molecular formula is C22H17ClN4O2S2. The number of amides is 1. The molecule has 0 spiro atoms. The summed E-state index contributed by atoms with van der Waals surface area (Å²) in [6.07, 6.45) is 1.62. The number of hydrogen-bond donors (Lipinski definition) is 2. The topological polar surface area (TPSA) is 87.5 Å². The Balaban J connectivity index is 1.51. The average Bonchev–Trinajstić information content (AvgIpc) is 3.20. The molecule has 0 unspecified atom stereocenters. The van der Waals surface area contributed by atoms with Crippen LogP contribution in [0.15, 0.2) is 64.0 Å². The fraction of sp³-hybridized carbons (Fsp3) is 0.0909. The van der Waals surface area contributed by atoms with Crippen molar-refractivity contribution >= 4 is 57.6 Å². The number of nitrogens with zero attached hydrogens (tertiary/aromatic N) is 3. The van der Waals surface area contributed by atoms with Crippen LogP contribution in [-0.2, 0) is 5.75 Å². The zero-order chi connectivity index (χ0) is 21.8. The predicted molar refractivity (Wildman–Crippen MR) is 126 cm³/mol. The summed E-state index contributed by atoms with van der Waals surface area (Å²) in [6, 6.07) is 16.4. The molecule has 0 aliphatic rings. The van der Waals surface area contributed by atoms with E-state index in [0.717, 1.165) is 31.4 Å². The smallest absolute Gasteiger partial charge is 0.271 e. The van der Waals surface area contributed by atoms with Crippen LogP contribution in [0, 0.1) is 6.92 Å². The van der Waals surface area contributed by atoms with Gasteiger partial charge in [-0.1, -0.05) is 71.1 Å². The van der Waals surface area contributed by atoms with Gasteiger partial charge in [-0.05, 0) is 41.5 Å². The second-order valence-corrected chi connectivity index (χ2v) is 9.41. The molecule has 31 heavy (non-hydrogen) atoms. The van der Waals surface area contributed by atoms with Gasteiger partial charge in [0, 0.05) is 16.9 Å². The maximum Gasteiger partial charge on any atom is 0.271 e. The van der Waals surface area contributed by atoms with Crippen molar-refractivity contribution in [3.63, 3.8) is 0 Å². The van der Waals surface area contributed by atoms with Crippen LogP contribution in [0.25, 0.3) is 10.8 Å². The molecule has 4 aromatic rings. The summed E-state index contributed by atoms with van der Waals surface area (Å²) in [4.78, 5) is 12.3. The lowest BCUT2D eigenvalue weighted by molar-refractivity contribution is 0.0955. The van der Waals surface area contributed by atoms with Gasteiger partial charge in [0.15, 0.2) is 4.34 Å². The number of halogens is 1. The van der Waals surface area contributed by atoms with Gasteiger partial charge in [-0.3, -0.25) is 4.79 Å². The average molecular weight is 469 g/mol. The molecule has 1 amide bonds. The highest BCUT2D eigenvalue weighted by Crippen LogP contribution is 2.30. The Morgan fingerprint density at radius 2 is 2.00 bits per heavy atom. The monoisotopic (exact) mass is 468 g/mol. The third-order valence-corrected chi connectivity index (χ3v) is 6.81. The lowest BCUT2D eigenvalue weighted by atomic mass is 10.0. The van der Waals surface area contributed by atoms with Gasteiger partial charge >= 0.3 is 0 Å². The number of phenols is 1. The van der Waals surface area contributed by atoms with Crippen molar-refractivity contribution in [1.29, 1.82) is 0 Å². The molecule has 156 valence electrons. The van der Waals surface area contributed by atoms with Crippen LogP contribution >= 0.6 is 34.7 Å². The molecular weight excluding hydrogens is 452 g/mol. The van der Waals surface area contributed by atoms with Gasteiger partial charge in [0.25, 0.3) is 5.91 Å². The molecule has 0 radical (unpaired) electrons. The van der Waals surface area contributed by atoms with Gasteiger partial charge in [0.1, 0.15) is 10.8 Å². The summed E-state index contributed by atoms with van der Waals surface area (Å²) in [5.74, 6) is 0.292. The standard InChI is InChI=1S/C22H17ClN4O2S2/c1-13-25-27-22(31-13)30-12-16-7-6-15(17-4-2-3-5-18(16)17)11-24-26-21(29)14-8-9-20(28)19(23)10-14/h2-11,28H,12H2,1H3,(H,26,29)/b24-11+. The summed E-state index contributed by atoms with van der Waals surface area (Å²) in [6.45, 7) is 1.94. The number of carbonyl (C=O) groups is 1. The number of hydrogen-bond acceptors (Lipinski definition) is 7. The largest absolute Gasteiger partial charge is 0.506 e. The summed E-state index contributed by atoms with van der Waals surface area (Å²) < 4.78 is 0.948. The number of phenolic OH excluding ortho intramolecular Hbond substituents is 1. The second-order valence-electron chi connectivity index (χ2n) is 6.60. The number of benzene rings is 3. The quantitative estimate of drug-likeness (QED) is 0.224. The third kappa shape index (κ3) is 5.04. The highest BCUT2D eigenvalue weighted by atomic mass is 35.5. The predicted octanol–water partition coefficient (Wildman–Crippen LogP) is 5.41. The highest BCUT2D eigenvalue weighted by Gasteiger charge is 2.09. The van der Waals surface area contributed by atoms with Crippen molar-refractivity contribution in [3.05, 3.63) is 81.3 Å². The minimum atomic E-state index is -0.414. The van der Waals surface area contributed by atoms with Crippen LogP contribution in [0.1, 0.15) is 26.5 Å². The minimum absolute atomic E-state index is 0.0762. The molecule has 0 fully saturated rings. The molecule has 0 aliphatic carbocycles. The van der Waals surface area contributed by atoms with Crippen molar-refractivity contribution in [2.24, 2.45) is 5.10 Å². The fourth-order valence-corrected chi connectivity index (χ4v) is 4.97. The van der Waals surface area contributed by atoms with Crippen LogP contribution < -0.4 is 5.43 Å². The van der Waals surface area contributed by atoms with E-state index in [1.54, 1.807) is 29.3 Å². The molecule has 0 saturated carbocycles. The van der Waals surface area contributed by atoms with Crippen LogP contribution in [-0.4, -0.2) is 27.4 Å². The second kappa shape index (κ2) is 9.47. The van der Waals surface area contributed by atoms with Crippen molar-refractivity contribution < 1.29 is 9.90 Å². The lowest BCUT2D eigenvalue weighted by Crippen LogP contribution is -2.17. The third-order valence-electron chi connectivity index (χ3n) is 4.49. The van der Waals surface area contributed by atoms with Crippen LogP contribution in [0.5, 0.6) is 5.75 Å². The summed E-state index contributed by atoms with van der Waals surface area (Å²) >= 11 is 9.11. The number of aromatic hydroxyl groups is 1. The molecule has 2 N–H and O–H groups in total. The van der Waals surface area contributed by atoms with Crippen LogP contribution in [0.3, 0.4) is 0 Å². The maximum absolute atomic E-state index is 12.3. The number of fused-ring (bicyclic) bond motifs is 1. The fourth-order valence-electron chi connectivity index (χ4n) is 2.97. The van der Waals surface area contributed by atoms with E-state index in [1.165, 1.54) is 23.8 Å². The Kier molecular flexibility index (Phi) is 6.50. The Morgan fingerprint density at radius 3 is 2.74 bits per heavy atom. The Bertz CT molecular complexity index is 1290. The van der Waals surface area contributed by atoms with Crippen molar-refractivity contribution in [2.75, 3.05) is 0 Å². The van der Waals surface area contributed by atoms with Crippen molar-refractivity contribution in [3.8, 4) is 5.75 Å². The van der Waals surface area contributed by atoms with Gasteiger partial charge in [-0.25, -0.2) is 5.43 Å². The number of carbonyl (C=O) groups excluding carboxylic acids is 1. The summed E-state index contributed by atoms with van der Waals surface area (Å²) in [5.41, 5.74) is 4.88. The molecule has 0 aliphatic heterocycles. The van der Waals surface area contributed by atoms with E-state index < -0.39 is 5.91 Å². The number of nitrogens with one attached hydrogen (secondary N) is 1. The van der Waals surface area contributed by atoms with E-state index in [9.17, 15) is 9.90 Å². The molecule has 0 saturated heterocycles. The first-order chi connectivity index (χ1) is 15.0. The van der Waals surface area contributed by atoms with E-state index in [0.29, 0.717) is 5.56 Å². The van der Waals surface area contributed by atoms with E-state index in [4.69, 9.17) is 11.6 Å². The first kappa shape index (κ1) is 21.3. The Hall–Kier alpha value is -2.94. The molecule has 1 aromatic heterocycles. The molecule has 0 bridgehead atoms. The Morgan fingerprint density at radius 1 is 1.19 bits per heavy atom. The van der Waals surface area contributed by atoms with Crippen molar-refractivity contribution in [1.82, 2.24) is 15.6 Å². The molecule has 4 rings (SSSR count). The molecule has 3 aromatic carbocycles. The van der Waals surface area contributed by atoms with Gasteiger partial charge in [0.05, 0.1) is 11.2 Å². The number of hydrazone groups is 1. The normalized spacial score (nSPS) is 11.3. The Labute approximate surface area is 192 Å². The zero-order valence-corrected chi connectivity index (χ0v) is 18.8. The van der Waals surface area contributed by atoms with Gasteiger partial charge in [-0.15, -0.1) is 10.2 Å². The zero-order valence-electron chi connectivity index (χ0n) is 16.4. The van der Waals surface area contributed by atoms with Crippen molar-refractivity contribution in [2.45, 2.75) is 17.0 Å². The van der Waals surface area contributed by atoms with Crippen LogP contribution in [0.2, 0.25) is 5.02 Å². The van der Waals surface area contributed by atoms with Gasteiger partial charge < -0.3 is 5.11 Å². The molecule has 9 heteroatoms. The maximum atomic E-state index is 12.3. The van der Waals surface area contributed by atoms with Crippen LogP contribution in [0.4, 0.5) is 0 Å². The van der Waals surface area contributed by atoms with E-state index in [1.807, 2.05) is 31.2 Å². The number of thioether (sulfide) groups is 1. The first-order valence-electron chi connectivity index (χ1n) is 9.27. The summed E-state index contributed by atoms with van der Waals surface area (Å²) in [5, 5.41) is 25.0. The highest BCUT2D eigenvalue weighted by molar-refractivity contribution is 8.00. The van der Waals surface area contributed by atoms with Gasteiger partial charge in [-0.2, -0.15) is 5.10 Å². The SMILES string of the molecule is Cc1nnc(SCc2ccc(/C=N/NC(=O)c3ccc(O)c(Cl)c3)c3ccccc23)s1. The number of aryl methyl sites for hydroxylation is 1. The molecule has 1 heterocycles. The van der Waals surface area contributed by atoms with E-state index in [2.05, 4.69) is 32.9 Å². The minimum Gasteiger partial charge on any atom is -0.506 e.